The average molecular weight is 568 g/mol. The third-order valence-electron chi connectivity index (χ3n) is 5.65. The smallest absolute Gasteiger partial charge is 0.412 e. The van der Waals surface area contributed by atoms with Crippen LogP contribution in [0.3, 0.4) is 0 Å². The number of anilines is 3. The lowest BCUT2D eigenvalue weighted by Gasteiger charge is -2.25. The zero-order valence-corrected chi connectivity index (χ0v) is 22.2. The molecule has 0 bridgehead atoms. The zero-order valence-electron chi connectivity index (χ0n) is 20.6. The summed E-state index contributed by atoms with van der Waals surface area (Å²) in [7, 11) is 1.46. The largest absolute Gasteiger partial charge is 0.504 e. The second-order valence-electron chi connectivity index (χ2n) is 8.42. The van der Waals surface area contributed by atoms with Gasteiger partial charge in [0, 0.05) is 10.2 Å². The van der Waals surface area contributed by atoms with Gasteiger partial charge >= 0.3 is 6.09 Å². The Morgan fingerprint density at radius 2 is 1.81 bits per heavy atom. The molecule has 0 radical (unpaired) electrons. The van der Waals surface area contributed by atoms with Gasteiger partial charge < -0.3 is 25.6 Å². The highest BCUT2D eigenvalue weighted by Crippen LogP contribution is 2.35. The summed E-state index contributed by atoms with van der Waals surface area (Å²) in [6, 6.07) is 19.1. The highest BCUT2D eigenvalue weighted by molar-refractivity contribution is 9.10. The first-order valence-corrected chi connectivity index (χ1v) is 12.5. The van der Waals surface area contributed by atoms with Crippen LogP contribution in [0.15, 0.2) is 83.4 Å². The molecule has 2 atom stereocenters. The Bertz CT molecular complexity index is 1250. The summed E-state index contributed by atoms with van der Waals surface area (Å²) < 4.78 is 11.8. The Morgan fingerprint density at radius 1 is 1.08 bits per heavy atom. The van der Waals surface area contributed by atoms with Crippen molar-refractivity contribution < 1.29 is 24.2 Å². The number of rotatable bonds is 10. The molecule has 0 spiro atoms. The maximum atomic E-state index is 12.7. The number of benzene rings is 3. The van der Waals surface area contributed by atoms with E-state index in [1.54, 1.807) is 54.6 Å². The molecule has 3 aromatic rings. The molecule has 0 heterocycles. The van der Waals surface area contributed by atoms with Gasteiger partial charge in [0.05, 0.1) is 18.5 Å². The highest BCUT2D eigenvalue weighted by atomic mass is 79.9. The summed E-state index contributed by atoms with van der Waals surface area (Å²) >= 11 is 3.36. The SMILES string of the molecule is COc1ccc([C@@H](OC(=O)Nc2ccc(Br)cc2)[C@@H](C)CC/C=C/C(=O)Nc2ccccc2N)cc1O. The number of phenolic OH excluding ortho intramolecular Hbond substituents is 1. The predicted octanol–water partition coefficient (Wildman–Crippen LogP) is 6.65. The zero-order chi connectivity index (χ0) is 26.8. The number of para-hydroxylation sites is 2. The molecule has 0 saturated carbocycles. The Balaban J connectivity index is 1.66. The molecule has 2 amide bonds. The van der Waals surface area contributed by atoms with E-state index in [2.05, 4.69) is 26.6 Å². The fraction of sp³-hybridized carbons (Fsp3) is 0.214. The maximum absolute atomic E-state index is 12.7. The van der Waals surface area contributed by atoms with Crippen LogP contribution in [0.5, 0.6) is 11.5 Å². The Hall–Kier alpha value is -3.98. The van der Waals surface area contributed by atoms with Gasteiger partial charge in [-0.2, -0.15) is 0 Å². The number of methoxy groups -OCH3 is 1. The Labute approximate surface area is 224 Å². The lowest BCUT2D eigenvalue weighted by Crippen LogP contribution is -2.22. The first kappa shape index (κ1) is 27.6. The minimum atomic E-state index is -0.654. The monoisotopic (exact) mass is 567 g/mol. The first-order valence-electron chi connectivity index (χ1n) is 11.7. The lowest BCUT2D eigenvalue weighted by atomic mass is 9.92. The molecule has 3 aromatic carbocycles. The molecular formula is C28H30BrN3O5. The van der Waals surface area contributed by atoms with E-state index in [1.807, 2.05) is 19.1 Å². The molecule has 0 aliphatic heterocycles. The fourth-order valence-corrected chi connectivity index (χ4v) is 3.94. The van der Waals surface area contributed by atoms with E-state index in [4.69, 9.17) is 15.2 Å². The van der Waals surface area contributed by atoms with Gasteiger partial charge in [0.2, 0.25) is 5.91 Å². The van der Waals surface area contributed by atoms with Crippen LogP contribution >= 0.6 is 15.9 Å². The molecule has 0 aliphatic carbocycles. The second-order valence-corrected chi connectivity index (χ2v) is 9.34. The van der Waals surface area contributed by atoms with Crippen LogP contribution in [-0.2, 0) is 9.53 Å². The summed E-state index contributed by atoms with van der Waals surface area (Å²) in [4.78, 5) is 24.9. The summed E-state index contributed by atoms with van der Waals surface area (Å²) in [6.45, 7) is 1.94. The standard InChI is InChI=1S/C28H30BrN3O5/c1-18(7-3-6-10-26(34)32-23-9-5-4-8-22(23)30)27(19-11-16-25(36-2)24(33)17-19)37-28(35)31-21-14-12-20(29)13-15-21/h4-6,8-18,27,33H,3,7,30H2,1-2H3,(H,31,35)(H,32,34)/b10-6+/t18-,27-/m0/s1. The van der Waals surface area contributed by atoms with Crippen LogP contribution in [0.25, 0.3) is 0 Å². The normalized spacial score (nSPS) is 12.5. The molecule has 194 valence electrons. The quantitative estimate of drug-likeness (QED) is 0.161. The van der Waals surface area contributed by atoms with Gasteiger partial charge in [0.15, 0.2) is 11.5 Å². The van der Waals surface area contributed by atoms with Crippen LogP contribution in [0, 0.1) is 5.92 Å². The van der Waals surface area contributed by atoms with Crippen LogP contribution in [0.2, 0.25) is 0 Å². The van der Waals surface area contributed by atoms with Crippen molar-refractivity contribution in [1.29, 1.82) is 0 Å². The van der Waals surface area contributed by atoms with Crippen molar-refractivity contribution in [2.75, 3.05) is 23.5 Å². The van der Waals surface area contributed by atoms with Gasteiger partial charge in [-0.25, -0.2) is 4.79 Å². The molecule has 37 heavy (non-hydrogen) atoms. The van der Waals surface area contributed by atoms with E-state index in [-0.39, 0.29) is 17.6 Å². The maximum Gasteiger partial charge on any atom is 0.412 e. The summed E-state index contributed by atoms with van der Waals surface area (Å²) in [6.07, 6.45) is 3.11. The number of nitrogens with two attached hydrogens (primary N) is 1. The number of halogens is 1. The lowest BCUT2D eigenvalue weighted by molar-refractivity contribution is -0.111. The van der Waals surface area contributed by atoms with E-state index < -0.39 is 12.2 Å². The van der Waals surface area contributed by atoms with E-state index in [0.29, 0.717) is 41.2 Å². The third-order valence-corrected chi connectivity index (χ3v) is 6.18. The molecule has 3 rings (SSSR count). The minimum absolute atomic E-state index is 0.0501. The highest BCUT2D eigenvalue weighted by Gasteiger charge is 2.24. The molecule has 0 fully saturated rings. The van der Waals surface area contributed by atoms with Crippen molar-refractivity contribution >= 4 is 45.0 Å². The van der Waals surface area contributed by atoms with Gasteiger partial charge in [0.1, 0.15) is 6.10 Å². The molecule has 0 aliphatic rings. The Kier molecular flexibility index (Phi) is 9.97. The number of allylic oxidation sites excluding steroid dienone is 1. The number of ether oxygens (including phenoxy) is 2. The first-order chi connectivity index (χ1) is 17.8. The molecule has 9 heteroatoms. The van der Waals surface area contributed by atoms with Crippen molar-refractivity contribution in [1.82, 2.24) is 0 Å². The summed E-state index contributed by atoms with van der Waals surface area (Å²) in [5, 5.41) is 15.8. The number of amides is 2. The number of phenols is 1. The van der Waals surface area contributed by atoms with E-state index in [1.165, 1.54) is 19.3 Å². The van der Waals surface area contributed by atoms with Crippen LogP contribution in [-0.4, -0.2) is 24.2 Å². The summed E-state index contributed by atoms with van der Waals surface area (Å²) in [5.74, 6) is -0.151. The van der Waals surface area contributed by atoms with E-state index in [9.17, 15) is 14.7 Å². The number of nitrogens with one attached hydrogen (secondary N) is 2. The molecule has 0 aromatic heterocycles. The number of hydrogen-bond acceptors (Lipinski definition) is 6. The Morgan fingerprint density at radius 3 is 2.49 bits per heavy atom. The van der Waals surface area contributed by atoms with Crippen molar-refractivity contribution in [3.05, 3.63) is 88.9 Å². The molecule has 0 unspecified atom stereocenters. The van der Waals surface area contributed by atoms with Gasteiger partial charge in [-0.15, -0.1) is 0 Å². The van der Waals surface area contributed by atoms with Crippen molar-refractivity contribution in [2.24, 2.45) is 5.92 Å². The van der Waals surface area contributed by atoms with Crippen LogP contribution < -0.4 is 21.1 Å². The average Bonchev–Trinajstić information content (AvgIpc) is 2.88. The predicted molar refractivity (Wildman–Crippen MR) is 149 cm³/mol. The minimum Gasteiger partial charge on any atom is -0.504 e. The van der Waals surface area contributed by atoms with E-state index in [0.717, 1.165) is 4.47 Å². The topological polar surface area (TPSA) is 123 Å². The van der Waals surface area contributed by atoms with Gasteiger partial charge in [0.25, 0.3) is 0 Å². The van der Waals surface area contributed by atoms with Crippen molar-refractivity contribution in [3.63, 3.8) is 0 Å². The number of carbonyl (C=O) groups is 2. The number of carbonyl (C=O) groups excluding carboxylic acids is 2. The van der Waals surface area contributed by atoms with Crippen LogP contribution in [0.4, 0.5) is 21.9 Å². The van der Waals surface area contributed by atoms with Gasteiger partial charge in [-0.1, -0.05) is 47.1 Å². The van der Waals surface area contributed by atoms with E-state index >= 15 is 0 Å². The van der Waals surface area contributed by atoms with Crippen molar-refractivity contribution in [3.8, 4) is 11.5 Å². The van der Waals surface area contributed by atoms with Crippen molar-refractivity contribution in [2.45, 2.75) is 25.9 Å². The number of nitrogen functional groups attached to an aromatic ring is 1. The molecular weight excluding hydrogens is 538 g/mol. The molecule has 5 N–H and O–H groups in total. The second kappa shape index (κ2) is 13.4. The van der Waals surface area contributed by atoms with Crippen LogP contribution in [0.1, 0.15) is 31.4 Å². The number of aromatic hydroxyl groups is 1. The fourth-order valence-electron chi connectivity index (χ4n) is 3.68. The van der Waals surface area contributed by atoms with Gasteiger partial charge in [-0.3, -0.25) is 10.1 Å². The third kappa shape index (κ3) is 8.28. The molecule has 0 saturated heterocycles. The summed E-state index contributed by atoms with van der Waals surface area (Å²) in [5.41, 5.74) is 8.11. The van der Waals surface area contributed by atoms with Gasteiger partial charge in [-0.05, 0) is 78.9 Å². The number of hydrogen-bond donors (Lipinski definition) is 4. The molecule has 8 nitrogen and oxygen atoms in total.